The molecule has 0 radical (unpaired) electrons. The minimum Gasteiger partial charge on any atom is -0.508 e. The topological polar surface area (TPSA) is 577 Å². The van der Waals surface area contributed by atoms with E-state index in [4.69, 9.17) is 67.8 Å². The number of rotatable bonds is 19. The monoisotopic (exact) mass is 1560 g/mol. The summed E-state index contributed by atoms with van der Waals surface area (Å²) in [6.07, 6.45) is -20.7. The van der Waals surface area contributed by atoms with Gasteiger partial charge in [0.15, 0.2) is 36.0 Å². The van der Waals surface area contributed by atoms with Gasteiger partial charge in [0.2, 0.25) is 53.4 Å². The Hall–Kier alpha value is -9.77. The molecule has 19 atom stereocenters. The van der Waals surface area contributed by atoms with E-state index in [-0.39, 0.29) is 48.6 Å². The van der Waals surface area contributed by atoms with Crippen molar-refractivity contribution in [2.45, 2.75) is 176 Å². The number of hydrogen-bond donors (Lipinski definition) is 20. The number of ether oxygens (including phenoxy) is 7. The van der Waals surface area contributed by atoms with E-state index in [2.05, 4.69) is 37.2 Å². The van der Waals surface area contributed by atoms with Crippen molar-refractivity contribution in [1.82, 2.24) is 37.2 Å². The molecule has 0 spiro atoms. The molecule has 7 amide bonds. The van der Waals surface area contributed by atoms with E-state index >= 15 is 14.4 Å². The third-order valence-electron chi connectivity index (χ3n) is 18.9. The highest BCUT2D eigenvalue weighted by Gasteiger charge is 2.52. The van der Waals surface area contributed by atoms with Crippen molar-refractivity contribution >= 4 is 76.5 Å². The minimum atomic E-state index is -2.39. The lowest BCUT2D eigenvalue weighted by Gasteiger charge is -2.48. The smallest absolute Gasteiger partial charge is 0.334 e. The summed E-state index contributed by atoms with van der Waals surface area (Å²) in [5.74, 6) is -18.1. The van der Waals surface area contributed by atoms with Crippen LogP contribution in [0.1, 0.15) is 118 Å². The first-order valence-electron chi connectivity index (χ1n) is 34.3. The molecule has 36 nitrogen and oxygen atoms in total. The molecule has 0 aliphatic carbocycles. The van der Waals surface area contributed by atoms with Gasteiger partial charge in [-0.3, -0.25) is 33.6 Å². The second kappa shape index (κ2) is 34.0. The number of amides is 7. The number of phenolic OH excluding ortho intramolecular Hbond substituents is 3. The first-order valence-corrected chi connectivity index (χ1v) is 35.1. The number of primary amides is 1. The van der Waals surface area contributed by atoms with Gasteiger partial charge in [0.1, 0.15) is 89.5 Å². The minimum absolute atomic E-state index is 0.0574. The molecule has 22 N–H and O–H groups in total. The molecular formula is C71H83Cl2N9O27. The Kier molecular flexibility index (Phi) is 25.5. The maximum atomic E-state index is 16.1. The number of fused-ring (bicyclic) bond motifs is 15. The van der Waals surface area contributed by atoms with Crippen LogP contribution >= 0.6 is 23.2 Å². The van der Waals surface area contributed by atoms with Crippen LogP contribution in [-0.4, -0.2) is 214 Å². The number of aliphatic hydroxyl groups excluding tert-OH is 6. The Morgan fingerprint density at radius 1 is 0.716 bits per heavy atom. The fourth-order valence-corrected chi connectivity index (χ4v) is 13.7. The lowest BCUT2D eigenvalue weighted by Crippen LogP contribution is -2.66. The number of aromatic hydroxyl groups is 3. The Labute approximate surface area is 630 Å². The fraction of sp³-hybridized carbons (Fsp3) is 0.451. The van der Waals surface area contributed by atoms with Crippen LogP contribution in [0.3, 0.4) is 0 Å². The Morgan fingerprint density at radius 3 is 1.93 bits per heavy atom. The Balaban J connectivity index is 1.21. The maximum Gasteiger partial charge on any atom is 0.334 e. The number of nitrogens with one attached hydrogen (secondary N) is 7. The zero-order valence-corrected chi connectivity index (χ0v) is 60.3. The number of halogens is 2. The molecule has 7 heterocycles. The van der Waals surface area contributed by atoms with Crippen molar-refractivity contribution in [3.05, 3.63) is 117 Å². The third-order valence-corrected chi connectivity index (χ3v) is 19.5. The molecule has 5 aromatic rings. The van der Waals surface area contributed by atoms with Gasteiger partial charge in [-0.25, -0.2) is 9.59 Å². The highest BCUT2D eigenvalue weighted by atomic mass is 35.5. The molecule has 15 unspecified atom stereocenters. The van der Waals surface area contributed by atoms with Gasteiger partial charge in [0, 0.05) is 47.9 Å². The second-order valence-electron chi connectivity index (χ2n) is 27.5. The Morgan fingerprint density at radius 2 is 1.33 bits per heavy atom. The zero-order chi connectivity index (χ0) is 79.5. The van der Waals surface area contributed by atoms with Crippen LogP contribution in [0.25, 0.3) is 11.1 Å². The highest BCUT2D eigenvalue weighted by Crippen LogP contribution is 2.50. The van der Waals surface area contributed by atoms with Crippen molar-refractivity contribution in [3.8, 4) is 57.1 Å². The molecule has 12 rings (SSSR count). The molecule has 7 aliphatic rings. The van der Waals surface area contributed by atoms with E-state index in [1.807, 2.05) is 0 Å². The van der Waals surface area contributed by atoms with Crippen molar-refractivity contribution in [2.75, 3.05) is 19.8 Å². The highest BCUT2D eigenvalue weighted by molar-refractivity contribution is 6.32. The van der Waals surface area contributed by atoms with Crippen molar-refractivity contribution in [2.24, 2.45) is 17.4 Å². The summed E-state index contributed by atoms with van der Waals surface area (Å²) in [5, 5.41) is 142. The molecule has 11 bridgehead atoms. The van der Waals surface area contributed by atoms with Gasteiger partial charge in [-0.15, -0.1) is 0 Å². The summed E-state index contributed by atoms with van der Waals surface area (Å²) in [7, 11) is 0. The average molecular weight is 1570 g/mol. The molecule has 7 aliphatic heterocycles. The lowest BCUT2D eigenvalue weighted by atomic mass is 9.84. The number of carboxylic acids is 2. The van der Waals surface area contributed by atoms with Gasteiger partial charge in [-0.1, -0.05) is 62.2 Å². The van der Waals surface area contributed by atoms with Gasteiger partial charge in [-0.2, -0.15) is 0 Å². The number of nitrogens with two attached hydrogens (primary N) is 2. The normalized spacial score (nSPS) is 28.4. The largest absolute Gasteiger partial charge is 0.508 e. The van der Waals surface area contributed by atoms with Crippen LogP contribution < -0.4 is 62.9 Å². The molecule has 0 aromatic heterocycles. The Bertz CT molecular complexity index is 4330. The number of carboxylic acid groups (broad SMARTS) is 2. The first-order chi connectivity index (χ1) is 51.5. The van der Waals surface area contributed by atoms with Crippen molar-refractivity contribution in [3.63, 3.8) is 0 Å². The predicted octanol–water partition coefficient (Wildman–Crippen LogP) is 0.356. The number of aliphatic carboxylic acids is 2. The van der Waals surface area contributed by atoms with E-state index in [1.165, 1.54) is 19.9 Å². The molecule has 109 heavy (non-hydrogen) atoms. The molecule has 2 fully saturated rings. The van der Waals surface area contributed by atoms with E-state index < -0.39 is 260 Å². The second-order valence-corrected chi connectivity index (χ2v) is 28.3. The first kappa shape index (κ1) is 81.7. The summed E-state index contributed by atoms with van der Waals surface area (Å²) < 4.78 is 44.3. The lowest BCUT2D eigenvalue weighted by molar-refractivity contribution is -0.334. The molecule has 38 heteroatoms. The quantitative estimate of drug-likeness (QED) is 0.0530. The summed E-state index contributed by atoms with van der Waals surface area (Å²) in [6.45, 7) is 6.96. The summed E-state index contributed by atoms with van der Waals surface area (Å²) in [6, 6.07) is -1.57. The number of aliphatic hydroxyl groups is 6. The average Bonchev–Trinajstić information content (AvgIpc) is 0.765. The molecular weight excluding hydrogens is 1480 g/mol. The van der Waals surface area contributed by atoms with Gasteiger partial charge in [0.25, 0.3) is 0 Å². The van der Waals surface area contributed by atoms with Gasteiger partial charge in [-0.05, 0) is 109 Å². The molecule has 0 saturated carbocycles. The number of phenols is 3. The number of carbonyl (C=O) groups excluding carboxylic acids is 7. The van der Waals surface area contributed by atoms with Crippen LogP contribution in [0.2, 0.25) is 10.0 Å². The van der Waals surface area contributed by atoms with Gasteiger partial charge in [0.05, 0.1) is 41.3 Å². The third kappa shape index (κ3) is 18.1. The summed E-state index contributed by atoms with van der Waals surface area (Å²) in [4.78, 5) is 129. The summed E-state index contributed by atoms with van der Waals surface area (Å²) in [5.41, 5.74) is 7.47. The van der Waals surface area contributed by atoms with Gasteiger partial charge >= 0.3 is 11.9 Å². The molecule has 5 aromatic carbocycles. The van der Waals surface area contributed by atoms with Crippen LogP contribution in [0.15, 0.2) is 78.9 Å². The van der Waals surface area contributed by atoms with Crippen LogP contribution in [-0.2, 0) is 62.1 Å². The summed E-state index contributed by atoms with van der Waals surface area (Å²) >= 11 is 14.2. The molecule has 588 valence electrons. The van der Waals surface area contributed by atoms with Crippen LogP contribution in [0.4, 0.5) is 0 Å². The maximum absolute atomic E-state index is 16.1. The number of benzene rings is 5. The van der Waals surface area contributed by atoms with E-state index in [9.17, 15) is 84.9 Å². The standard InChI is InChI=1S/C71H83Cl2N9O27/c1-6-13-103-45(68(99)100)24-76-71(5)23-48(104-27(4)61(71)92)108-60-58(91)57(90)46(25-83)107-70(60)109-59-43-18-31-19-44(59)106-42-12-9-30(17-36(42)73)56(89)54-67(98)80-52(69(101)102)34-20-32(84)21-40(86)49(34)33-15-28(7-10-39(33)85)50(64(95)82-54)79-65(96)51(31)78-63(94)38(22-47(75)87)77-66(97)53(81-62(93)37(74)14-26(2)3)55(88)29-8-11-41(105-43)35(72)16-29/h7-12,15-21,26-27,37-38,45-46,48,50-58,60-61,70,76,83-86,88-92H,6,13-14,22-25,74H2,1-5H3,(H2,75,87)(H,77,97)(H,78,94)(H,79,96)(H,80,98)(H,81,93)(H,82,95)(H,99,100)(H,101,102)/t27?,37-,38?,45?,46?,48?,50?,51?,52?,53+,54+,55?,56-,57?,58?,60?,61?,70?,71?/m1/s1. The SMILES string of the molecule is CCCOC(CNC1(C)CC(OC2C(Oc3c4cc5cc3Oc3ccc(cc3Cl)[C@@H](O)[C@@H]3NC(=O)C(NC(=O)C5NC(=O)C(CC(N)=O)NC(=O)[C@@H](NC(=O)[C@H](N)CC(C)C)C(O)c5ccc(c(Cl)c5)O4)c4ccc(O)c(c4)-c4c(O)cc(O)cc4C(C(=O)O)NC3=O)OC(CO)C(O)C2O)OC(C)C1O)C(=O)O. The molecule has 2 saturated heterocycles. The predicted molar refractivity (Wildman–Crippen MR) is 376 cm³/mol. The van der Waals surface area contributed by atoms with E-state index in [0.29, 0.717) is 6.42 Å². The van der Waals surface area contributed by atoms with Crippen molar-refractivity contribution < 1.29 is 132 Å². The van der Waals surface area contributed by atoms with Crippen LogP contribution in [0, 0.1) is 5.92 Å². The number of carbonyl (C=O) groups is 9. The van der Waals surface area contributed by atoms with Crippen LogP contribution in [0.5, 0.6) is 46.0 Å². The van der Waals surface area contributed by atoms with E-state index in [0.717, 1.165) is 72.8 Å². The number of hydrogen-bond acceptors (Lipinski definition) is 27. The van der Waals surface area contributed by atoms with E-state index in [1.54, 1.807) is 20.8 Å². The van der Waals surface area contributed by atoms with Crippen molar-refractivity contribution in [1.29, 1.82) is 0 Å². The zero-order valence-electron chi connectivity index (χ0n) is 58.8. The van der Waals surface area contributed by atoms with Gasteiger partial charge < -0.3 is 138 Å². The fourth-order valence-electron chi connectivity index (χ4n) is 13.2.